The lowest BCUT2D eigenvalue weighted by molar-refractivity contribution is -0.128. The number of amides is 1. The van der Waals surface area contributed by atoms with Gasteiger partial charge in [0.05, 0.1) is 0 Å². The van der Waals surface area contributed by atoms with E-state index in [1.54, 1.807) is 41.3 Å². The van der Waals surface area contributed by atoms with Crippen molar-refractivity contribution in [3.05, 3.63) is 70.5 Å². The van der Waals surface area contributed by atoms with E-state index >= 15 is 0 Å². The molecule has 2 aliphatic rings. The Bertz CT molecular complexity index is 919. The molecule has 0 radical (unpaired) electrons. The molecule has 4 rings (SSSR count). The van der Waals surface area contributed by atoms with Crippen LogP contribution in [0.1, 0.15) is 22.3 Å². The van der Waals surface area contributed by atoms with Crippen LogP contribution in [-0.4, -0.2) is 88.3 Å². The molecular weight excluding hydrogens is 433 g/mol. The average Bonchev–Trinajstić information content (AvgIpc) is 2.79. The van der Waals surface area contributed by atoms with Gasteiger partial charge in [-0.05, 0) is 48.4 Å². The largest absolute Gasteiger partial charge is 0.388 e. The first-order chi connectivity index (χ1) is 15.3. The van der Waals surface area contributed by atoms with Crippen molar-refractivity contribution in [2.75, 3.05) is 45.8 Å². The number of likely N-dealkylation sites (tertiary alicyclic amines) is 1. The molecule has 32 heavy (non-hydrogen) atoms. The van der Waals surface area contributed by atoms with Gasteiger partial charge in [-0.15, -0.1) is 0 Å². The Hall–Kier alpha value is -2.03. The van der Waals surface area contributed by atoms with E-state index in [0.29, 0.717) is 30.1 Å². The van der Waals surface area contributed by atoms with Crippen LogP contribution in [0.25, 0.3) is 0 Å². The summed E-state index contributed by atoms with van der Waals surface area (Å²) in [5.41, 5.74) is 0.353. The maximum atomic E-state index is 13.1. The predicted octanol–water partition coefficient (Wildman–Crippen LogP) is 2.23. The van der Waals surface area contributed by atoms with Crippen LogP contribution in [0.3, 0.4) is 0 Å². The first kappa shape index (κ1) is 23.1. The van der Waals surface area contributed by atoms with Crippen molar-refractivity contribution < 1.29 is 19.4 Å². The van der Waals surface area contributed by atoms with E-state index in [-0.39, 0.29) is 18.3 Å². The lowest BCUT2D eigenvalue weighted by Gasteiger charge is -2.45. The molecule has 2 heterocycles. The summed E-state index contributed by atoms with van der Waals surface area (Å²) in [5, 5.41) is 22.4. The number of β-amino-alcohol motifs (C(OH)–C–C–N with tert-alkyl or cyclic N) is 2. The molecule has 0 bridgehead atoms. The van der Waals surface area contributed by atoms with Gasteiger partial charge in [0, 0.05) is 62.9 Å². The molecule has 2 N–H and O–H groups in total. The predicted molar refractivity (Wildman–Crippen MR) is 121 cm³/mol. The minimum absolute atomic E-state index is 0.0997. The highest BCUT2D eigenvalue weighted by molar-refractivity contribution is 6.30. The fourth-order valence-corrected chi connectivity index (χ4v) is 4.58. The number of nitrogens with zero attached hydrogens (tertiary/aromatic N) is 3. The second kappa shape index (κ2) is 9.85. The number of aliphatic hydroxyl groups excluding tert-OH is 1. The summed E-state index contributed by atoms with van der Waals surface area (Å²) in [6, 6.07) is 13.2. The number of piperidine rings is 1. The van der Waals surface area contributed by atoms with E-state index in [2.05, 4.69) is 9.80 Å². The van der Waals surface area contributed by atoms with E-state index < -0.39 is 11.7 Å². The van der Waals surface area contributed by atoms with Crippen LogP contribution in [0.5, 0.6) is 0 Å². The minimum atomic E-state index is -1.24. The Morgan fingerprint density at radius 2 is 1.62 bits per heavy atom. The van der Waals surface area contributed by atoms with Gasteiger partial charge >= 0.3 is 0 Å². The molecule has 0 saturated carbocycles. The standard InChI is InChI=1S/C24H29ClFN3O3/c25-20-5-3-19(4-6-20)23(31)29-10-9-24(32,22(30)16-29)17-28-13-11-27(12-14-28)15-18-1-7-21(26)8-2-18/h1-8,22,30,32H,9-17H2/t22-,24-/m0/s1. The molecule has 2 aromatic rings. The minimum Gasteiger partial charge on any atom is -0.388 e. The van der Waals surface area contributed by atoms with Gasteiger partial charge in [-0.25, -0.2) is 4.39 Å². The van der Waals surface area contributed by atoms with Crippen LogP contribution in [0.2, 0.25) is 5.02 Å². The molecular formula is C24H29ClFN3O3. The van der Waals surface area contributed by atoms with Gasteiger partial charge in [0.1, 0.15) is 17.5 Å². The van der Waals surface area contributed by atoms with Crippen molar-refractivity contribution in [1.82, 2.24) is 14.7 Å². The number of rotatable bonds is 5. The third-order valence-electron chi connectivity index (χ3n) is 6.49. The molecule has 1 amide bonds. The highest BCUT2D eigenvalue weighted by Gasteiger charge is 2.43. The number of halogens is 2. The van der Waals surface area contributed by atoms with Crippen LogP contribution in [0.4, 0.5) is 4.39 Å². The van der Waals surface area contributed by atoms with Gasteiger partial charge in [0.15, 0.2) is 0 Å². The van der Waals surface area contributed by atoms with Gasteiger partial charge in [-0.1, -0.05) is 23.7 Å². The van der Waals surface area contributed by atoms with Gasteiger partial charge in [-0.3, -0.25) is 14.6 Å². The number of piperazine rings is 1. The van der Waals surface area contributed by atoms with Crippen LogP contribution in [0, 0.1) is 5.82 Å². The summed E-state index contributed by atoms with van der Waals surface area (Å²) in [7, 11) is 0. The Morgan fingerprint density at radius 1 is 1.00 bits per heavy atom. The number of hydrogen-bond donors (Lipinski definition) is 2. The molecule has 6 nitrogen and oxygen atoms in total. The molecule has 0 aliphatic carbocycles. The van der Waals surface area contributed by atoms with Crippen LogP contribution < -0.4 is 0 Å². The van der Waals surface area contributed by atoms with Crippen LogP contribution >= 0.6 is 11.6 Å². The van der Waals surface area contributed by atoms with Crippen molar-refractivity contribution in [2.45, 2.75) is 24.7 Å². The number of carbonyl (C=O) groups is 1. The second-order valence-corrected chi connectivity index (χ2v) is 9.24. The zero-order valence-electron chi connectivity index (χ0n) is 18.0. The summed E-state index contributed by atoms with van der Waals surface area (Å²) in [4.78, 5) is 18.8. The number of benzene rings is 2. The van der Waals surface area contributed by atoms with Crippen LogP contribution in [0.15, 0.2) is 48.5 Å². The lowest BCUT2D eigenvalue weighted by atomic mass is 9.87. The fourth-order valence-electron chi connectivity index (χ4n) is 4.45. The summed E-state index contributed by atoms with van der Waals surface area (Å²) in [6.07, 6.45) is -0.687. The van der Waals surface area contributed by atoms with Crippen molar-refractivity contribution in [2.24, 2.45) is 0 Å². The quantitative estimate of drug-likeness (QED) is 0.714. The van der Waals surface area contributed by atoms with E-state index in [0.717, 1.165) is 38.3 Å². The Kier molecular flexibility index (Phi) is 7.12. The van der Waals surface area contributed by atoms with Crippen molar-refractivity contribution in [3.8, 4) is 0 Å². The summed E-state index contributed by atoms with van der Waals surface area (Å²) < 4.78 is 13.1. The number of aliphatic hydroxyl groups is 2. The number of hydrogen-bond acceptors (Lipinski definition) is 5. The normalized spacial score (nSPS) is 25.1. The summed E-state index contributed by atoms with van der Waals surface area (Å²) >= 11 is 5.89. The zero-order valence-corrected chi connectivity index (χ0v) is 18.7. The summed E-state index contributed by atoms with van der Waals surface area (Å²) in [6.45, 7) is 4.87. The molecule has 0 unspecified atom stereocenters. The second-order valence-electron chi connectivity index (χ2n) is 8.81. The first-order valence-corrected chi connectivity index (χ1v) is 11.3. The van der Waals surface area contributed by atoms with Gasteiger partial charge in [-0.2, -0.15) is 0 Å². The van der Waals surface area contributed by atoms with E-state index in [1.807, 2.05) is 0 Å². The SMILES string of the molecule is O=C(c1ccc(Cl)cc1)N1CC[C@](O)(CN2CCN(Cc3ccc(F)cc3)CC2)[C@@H](O)C1. The summed E-state index contributed by atoms with van der Waals surface area (Å²) in [5.74, 6) is -0.400. The molecule has 0 spiro atoms. The molecule has 2 fully saturated rings. The van der Waals surface area contributed by atoms with Gasteiger partial charge in [0.25, 0.3) is 5.91 Å². The van der Waals surface area contributed by atoms with Gasteiger partial charge < -0.3 is 15.1 Å². The highest BCUT2D eigenvalue weighted by Crippen LogP contribution is 2.26. The third-order valence-corrected chi connectivity index (χ3v) is 6.74. The van der Waals surface area contributed by atoms with E-state index in [9.17, 15) is 19.4 Å². The fraction of sp³-hybridized carbons (Fsp3) is 0.458. The maximum Gasteiger partial charge on any atom is 0.253 e. The number of carbonyl (C=O) groups excluding carboxylic acids is 1. The van der Waals surface area contributed by atoms with E-state index in [4.69, 9.17) is 11.6 Å². The molecule has 2 atom stereocenters. The molecule has 0 aromatic heterocycles. The zero-order chi connectivity index (χ0) is 22.7. The Balaban J connectivity index is 1.27. The maximum absolute atomic E-state index is 13.1. The Labute approximate surface area is 192 Å². The van der Waals surface area contributed by atoms with Gasteiger partial charge in [0.2, 0.25) is 0 Å². The van der Waals surface area contributed by atoms with E-state index in [1.165, 1.54) is 12.1 Å². The monoisotopic (exact) mass is 461 g/mol. The van der Waals surface area contributed by atoms with Crippen molar-refractivity contribution in [3.63, 3.8) is 0 Å². The van der Waals surface area contributed by atoms with Crippen molar-refractivity contribution >= 4 is 17.5 Å². The van der Waals surface area contributed by atoms with Crippen LogP contribution in [-0.2, 0) is 6.54 Å². The molecule has 172 valence electrons. The molecule has 2 aliphatic heterocycles. The first-order valence-electron chi connectivity index (χ1n) is 11.0. The molecule has 2 saturated heterocycles. The highest BCUT2D eigenvalue weighted by atomic mass is 35.5. The lowest BCUT2D eigenvalue weighted by Crippen LogP contribution is -2.62. The molecule has 8 heteroatoms. The topological polar surface area (TPSA) is 67.3 Å². The van der Waals surface area contributed by atoms with Crippen molar-refractivity contribution in [1.29, 1.82) is 0 Å². The molecule has 2 aromatic carbocycles. The average molecular weight is 462 g/mol. The third kappa shape index (κ3) is 5.47. The Morgan fingerprint density at radius 3 is 2.25 bits per heavy atom. The smallest absolute Gasteiger partial charge is 0.253 e.